The number of carbonyl (C=O) groups is 2. The van der Waals surface area contributed by atoms with E-state index in [2.05, 4.69) is 41.5 Å². The minimum Gasteiger partial charge on any atom is -0.480 e. The molecule has 200 valence electrons. The summed E-state index contributed by atoms with van der Waals surface area (Å²) in [5.74, 6) is -1.67. The van der Waals surface area contributed by atoms with Crippen LogP contribution in [0.25, 0.3) is 12.2 Å². The van der Waals surface area contributed by atoms with E-state index in [1.54, 1.807) is 32.0 Å². The largest absolute Gasteiger partial charge is 0.480 e. The van der Waals surface area contributed by atoms with Gasteiger partial charge in [0.1, 0.15) is 6.04 Å². The number of aliphatic carboxylic acids is 1. The van der Waals surface area contributed by atoms with Crippen molar-refractivity contribution in [2.45, 2.75) is 59.1 Å². The average molecular weight is 515 g/mol. The first-order chi connectivity index (χ1) is 18.4. The number of ether oxygens (including phenoxy) is 1. The lowest BCUT2D eigenvalue weighted by molar-refractivity contribution is -0.140. The predicted octanol–water partition coefficient (Wildman–Crippen LogP) is 6.19. The number of carboxylic acids is 1. The molecule has 1 heterocycles. The molecule has 0 fully saturated rings. The number of aryl methyl sites for hydroxylation is 2. The quantitative estimate of drug-likeness (QED) is 0.250. The van der Waals surface area contributed by atoms with Crippen LogP contribution >= 0.6 is 0 Å². The zero-order valence-corrected chi connectivity index (χ0v) is 22.5. The topological polar surface area (TPSA) is 88.5 Å². The van der Waals surface area contributed by atoms with Gasteiger partial charge in [-0.15, -0.1) is 0 Å². The number of aromatic nitrogens is 1. The number of nitrogens with one attached hydrogen (secondary N) is 1. The summed E-state index contributed by atoms with van der Waals surface area (Å²) < 4.78 is 5.85. The van der Waals surface area contributed by atoms with Gasteiger partial charge in [-0.1, -0.05) is 69.3 Å². The van der Waals surface area contributed by atoms with Gasteiger partial charge >= 0.3 is 5.97 Å². The molecule has 0 radical (unpaired) electrons. The van der Waals surface area contributed by atoms with Crippen molar-refractivity contribution in [3.05, 3.63) is 100 Å². The SMILES string of the molecule is CCc1ccc(CCCCOCc2cccc(/C=C/c3cccc(C(=O)N[C@H](C(=O)O)C(C)C)c3)n2)cc1. The molecule has 2 N–H and O–H groups in total. The van der Waals surface area contributed by atoms with E-state index in [0.29, 0.717) is 18.8 Å². The Hall–Kier alpha value is -3.77. The molecule has 2 aromatic carbocycles. The molecule has 38 heavy (non-hydrogen) atoms. The first-order valence-electron chi connectivity index (χ1n) is 13.3. The maximum absolute atomic E-state index is 12.6. The molecule has 0 spiro atoms. The van der Waals surface area contributed by atoms with Crippen LogP contribution in [-0.2, 0) is 29.0 Å². The Morgan fingerprint density at radius 3 is 2.42 bits per heavy atom. The Balaban J connectivity index is 1.47. The lowest BCUT2D eigenvalue weighted by Gasteiger charge is -2.17. The summed E-state index contributed by atoms with van der Waals surface area (Å²) in [5, 5.41) is 11.9. The highest BCUT2D eigenvalue weighted by molar-refractivity contribution is 5.97. The molecule has 0 unspecified atom stereocenters. The third-order valence-electron chi connectivity index (χ3n) is 6.33. The van der Waals surface area contributed by atoms with E-state index in [1.165, 1.54) is 11.1 Å². The maximum Gasteiger partial charge on any atom is 0.326 e. The highest BCUT2D eigenvalue weighted by Gasteiger charge is 2.23. The number of benzene rings is 2. The summed E-state index contributed by atoms with van der Waals surface area (Å²) in [6.07, 6.45) is 8.00. The van der Waals surface area contributed by atoms with Gasteiger partial charge in [-0.05, 0) is 78.6 Å². The summed E-state index contributed by atoms with van der Waals surface area (Å²) in [7, 11) is 0. The van der Waals surface area contributed by atoms with Gasteiger partial charge in [-0.25, -0.2) is 4.79 Å². The number of amides is 1. The minimum absolute atomic E-state index is 0.217. The Kier molecular flexibility index (Phi) is 11.2. The van der Waals surface area contributed by atoms with Crippen LogP contribution in [0, 0.1) is 5.92 Å². The van der Waals surface area contributed by atoms with Gasteiger partial charge in [0.05, 0.1) is 18.0 Å². The van der Waals surface area contributed by atoms with E-state index in [-0.39, 0.29) is 5.92 Å². The van der Waals surface area contributed by atoms with Crippen LogP contribution in [0.4, 0.5) is 0 Å². The molecule has 6 nitrogen and oxygen atoms in total. The fraction of sp³-hybridized carbons (Fsp3) is 0.344. The monoisotopic (exact) mass is 514 g/mol. The Bertz CT molecular complexity index is 1220. The lowest BCUT2D eigenvalue weighted by Crippen LogP contribution is -2.44. The van der Waals surface area contributed by atoms with Crippen molar-refractivity contribution in [2.24, 2.45) is 5.92 Å². The smallest absolute Gasteiger partial charge is 0.326 e. The van der Waals surface area contributed by atoms with E-state index in [4.69, 9.17) is 4.74 Å². The summed E-state index contributed by atoms with van der Waals surface area (Å²) in [4.78, 5) is 28.6. The molecule has 0 aliphatic rings. The Morgan fingerprint density at radius 2 is 1.71 bits per heavy atom. The van der Waals surface area contributed by atoms with Crippen molar-refractivity contribution in [3.63, 3.8) is 0 Å². The van der Waals surface area contributed by atoms with Gasteiger partial charge in [0.2, 0.25) is 0 Å². The second-order valence-corrected chi connectivity index (χ2v) is 9.73. The first kappa shape index (κ1) is 28.8. The molecule has 0 aliphatic heterocycles. The normalized spacial score (nSPS) is 12.1. The molecule has 1 atom stereocenters. The van der Waals surface area contributed by atoms with Crippen LogP contribution in [0.15, 0.2) is 66.7 Å². The van der Waals surface area contributed by atoms with Crippen LogP contribution in [0.1, 0.15) is 72.0 Å². The number of carbonyl (C=O) groups excluding carboxylic acids is 1. The van der Waals surface area contributed by atoms with Crippen LogP contribution in [0.2, 0.25) is 0 Å². The van der Waals surface area contributed by atoms with Crippen molar-refractivity contribution >= 4 is 24.0 Å². The summed E-state index contributed by atoms with van der Waals surface area (Å²) in [6.45, 7) is 6.85. The van der Waals surface area contributed by atoms with Crippen molar-refractivity contribution in [3.8, 4) is 0 Å². The van der Waals surface area contributed by atoms with Crippen molar-refractivity contribution in [1.82, 2.24) is 10.3 Å². The molecule has 0 saturated heterocycles. The van der Waals surface area contributed by atoms with Crippen LogP contribution in [-0.4, -0.2) is 34.6 Å². The van der Waals surface area contributed by atoms with Gasteiger partial charge < -0.3 is 15.2 Å². The number of rotatable bonds is 14. The van der Waals surface area contributed by atoms with E-state index < -0.39 is 17.9 Å². The lowest BCUT2D eigenvalue weighted by atomic mass is 10.0. The van der Waals surface area contributed by atoms with Gasteiger partial charge in [0.25, 0.3) is 5.91 Å². The van der Waals surface area contributed by atoms with Gasteiger partial charge in [0.15, 0.2) is 0 Å². The number of carboxylic acid groups (broad SMARTS) is 1. The zero-order chi connectivity index (χ0) is 27.3. The van der Waals surface area contributed by atoms with Crippen LogP contribution in [0.5, 0.6) is 0 Å². The van der Waals surface area contributed by atoms with Crippen molar-refractivity contribution in [1.29, 1.82) is 0 Å². The van der Waals surface area contributed by atoms with Crippen LogP contribution in [0.3, 0.4) is 0 Å². The van der Waals surface area contributed by atoms with E-state index in [1.807, 2.05) is 36.4 Å². The fourth-order valence-electron chi connectivity index (χ4n) is 4.03. The van der Waals surface area contributed by atoms with Crippen molar-refractivity contribution < 1.29 is 19.4 Å². The molecule has 1 amide bonds. The fourth-order valence-corrected chi connectivity index (χ4v) is 4.03. The Morgan fingerprint density at radius 1 is 0.974 bits per heavy atom. The second-order valence-electron chi connectivity index (χ2n) is 9.73. The second kappa shape index (κ2) is 14.8. The number of hydrogen-bond acceptors (Lipinski definition) is 4. The molecule has 0 bridgehead atoms. The number of nitrogens with zero attached hydrogens (tertiary/aromatic N) is 1. The Labute approximate surface area is 225 Å². The number of unbranched alkanes of at least 4 members (excludes halogenated alkanes) is 1. The molecule has 0 saturated carbocycles. The zero-order valence-electron chi connectivity index (χ0n) is 22.5. The summed E-state index contributed by atoms with van der Waals surface area (Å²) in [6, 6.07) is 20.8. The third kappa shape index (κ3) is 9.27. The number of pyridine rings is 1. The highest BCUT2D eigenvalue weighted by atomic mass is 16.5. The molecule has 0 aliphatic carbocycles. The highest BCUT2D eigenvalue weighted by Crippen LogP contribution is 2.13. The van der Waals surface area contributed by atoms with E-state index in [0.717, 1.165) is 42.6 Å². The van der Waals surface area contributed by atoms with E-state index >= 15 is 0 Å². The minimum atomic E-state index is -1.04. The average Bonchev–Trinajstić information content (AvgIpc) is 2.92. The van der Waals surface area contributed by atoms with Gasteiger partial charge in [-0.2, -0.15) is 0 Å². The first-order valence-corrected chi connectivity index (χ1v) is 13.3. The number of hydrogen-bond donors (Lipinski definition) is 2. The van der Waals surface area contributed by atoms with Crippen molar-refractivity contribution in [2.75, 3.05) is 6.61 Å². The molecule has 1 aromatic heterocycles. The molecule has 6 heteroatoms. The molecular weight excluding hydrogens is 476 g/mol. The standard InChI is InChI=1S/C32H38N2O4/c1-4-24-14-16-25(17-15-24)9-5-6-20-38-22-29-13-8-12-28(33-29)19-18-26-10-7-11-27(21-26)31(35)34-30(23(2)3)32(36)37/h7-8,10-19,21,23,30H,4-6,9,20,22H2,1-3H3,(H,34,35)(H,36,37)/b19-18+/t30-/m0/s1. The predicted molar refractivity (Wildman–Crippen MR) is 152 cm³/mol. The summed E-state index contributed by atoms with van der Waals surface area (Å²) >= 11 is 0. The summed E-state index contributed by atoms with van der Waals surface area (Å²) in [5.41, 5.74) is 5.63. The van der Waals surface area contributed by atoms with Gasteiger partial charge in [-0.3, -0.25) is 9.78 Å². The van der Waals surface area contributed by atoms with E-state index in [9.17, 15) is 14.7 Å². The maximum atomic E-state index is 12.6. The van der Waals surface area contributed by atoms with Gasteiger partial charge in [0, 0.05) is 12.2 Å². The molecule has 3 aromatic rings. The molecular formula is C32H38N2O4. The third-order valence-corrected chi connectivity index (χ3v) is 6.33. The molecule has 3 rings (SSSR count). The van der Waals surface area contributed by atoms with Crippen LogP contribution < -0.4 is 5.32 Å².